The summed E-state index contributed by atoms with van der Waals surface area (Å²) >= 11 is 0. The minimum absolute atomic E-state index is 0.0901. The van der Waals surface area contributed by atoms with Crippen molar-refractivity contribution in [2.75, 3.05) is 6.61 Å². The average Bonchev–Trinajstić information content (AvgIpc) is 2.65. The molecule has 1 heterocycles. The number of rotatable bonds is 3. The van der Waals surface area contributed by atoms with Gasteiger partial charge in [0.15, 0.2) is 0 Å². The Bertz CT molecular complexity index is 339. The molecule has 1 saturated heterocycles. The third kappa shape index (κ3) is 2.47. The van der Waals surface area contributed by atoms with Crippen LogP contribution < -0.4 is 5.32 Å². The Morgan fingerprint density at radius 1 is 1.47 bits per heavy atom. The number of aliphatic hydroxyl groups excluding tert-OH is 1. The first-order valence-corrected chi connectivity index (χ1v) is 4.92. The van der Waals surface area contributed by atoms with Gasteiger partial charge in [-0.15, -0.1) is 0 Å². The topological polar surface area (TPSA) is 58.6 Å². The molecule has 80 valence electrons. The van der Waals surface area contributed by atoms with Gasteiger partial charge in [0.05, 0.1) is 12.1 Å². The van der Waals surface area contributed by atoms with E-state index in [4.69, 9.17) is 4.74 Å². The van der Waals surface area contributed by atoms with Gasteiger partial charge in [0, 0.05) is 6.42 Å². The zero-order valence-electron chi connectivity index (χ0n) is 8.22. The number of carbonyl (C=O) groups is 1. The predicted octanol–water partition coefficient (Wildman–Crippen LogP) is 1.22. The minimum Gasteiger partial charge on any atom is -0.447 e. The summed E-state index contributed by atoms with van der Waals surface area (Å²) in [6, 6.07) is 9.29. The maximum absolute atomic E-state index is 10.8. The maximum Gasteiger partial charge on any atom is 0.407 e. The number of benzene rings is 1. The van der Waals surface area contributed by atoms with E-state index in [0.29, 0.717) is 13.0 Å². The van der Waals surface area contributed by atoms with Gasteiger partial charge in [-0.2, -0.15) is 0 Å². The van der Waals surface area contributed by atoms with E-state index in [1.807, 2.05) is 30.3 Å². The molecule has 2 rings (SSSR count). The molecule has 0 radical (unpaired) electrons. The highest BCUT2D eigenvalue weighted by Crippen LogP contribution is 2.19. The van der Waals surface area contributed by atoms with Crippen molar-refractivity contribution in [2.45, 2.75) is 18.6 Å². The second-order valence-corrected chi connectivity index (χ2v) is 3.60. The summed E-state index contributed by atoms with van der Waals surface area (Å²) in [6.45, 7) is 0.336. The Balaban J connectivity index is 1.92. The molecule has 0 spiro atoms. The largest absolute Gasteiger partial charge is 0.447 e. The molecule has 0 saturated carbocycles. The van der Waals surface area contributed by atoms with Crippen molar-refractivity contribution in [1.29, 1.82) is 0 Å². The van der Waals surface area contributed by atoms with Gasteiger partial charge in [-0.1, -0.05) is 30.3 Å². The van der Waals surface area contributed by atoms with Crippen LogP contribution in [0.5, 0.6) is 0 Å². The number of alkyl carbamates (subject to hydrolysis) is 1. The fourth-order valence-corrected chi connectivity index (χ4v) is 1.63. The Morgan fingerprint density at radius 3 is 2.80 bits per heavy atom. The van der Waals surface area contributed by atoms with Crippen LogP contribution in [0.15, 0.2) is 30.3 Å². The first-order chi connectivity index (χ1) is 7.25. The van der Waals surface area contributed by atoms with Gasteiger partial charge < -0.3 is 15.2 Å². The minimum atomic E-state index is -0.557. The van der Waals surface area contributed by atoms with Crippen LogP contribution in [0.25, 0.3) is 0 Å². The highest BCUT2D eigenvalue weighted by Gasteiger charge is 2.24. The zero-order chi connectivity index (χ0) is 10.7. The third-order valence-electron chi connectivity index (χ3n) is 2.43. The van der Waals surface area contributed by atoms with Crippen molar-refractivity contribution < 1.29 is 14.6 Å². The van der Waals surface area contributed by atoms with Crippen LogP contribution in [0, 0.1) is 0 Å². The summed E-state index contributed by atoms with van der Waals surface area (Å²) in [7, 11) is 0. The zero-order valence-corrected chi connectivity index (χ0v) is 8.22. The van der Waals surface area contributed by atoms with Crippen molar-refractivity contribution in [3.63, 3.8) is 0 Å². The molecular weight excluding hydrogens is 194 g/mol. The summed E-state index contributed by atoms with van der Waals surface area (Å²) in [5.74, 6) is 0. The van der Waals surface area contributed by atoms with Gasteiger partial charge in [0.1, 0.15) is 6.61 Å². The monoisotopic (exact) mass is 207 g/mol. The molecular formula is C11H13NO3. The van der Waals surface area contributed by atoms with Crippen molar-refractivity contribution in [1.82, 2.24) is 5.32 Å². The van der Waals surface area contributed by atoms with E-state index in [1.165, 1.54) is 0 Å². The number of carbonyl (C=O) groups excluding carboxylic acids is 1. The molecule has 1 aromatic carbocycles. The van der Waals surface area contributed by atoms with Gasteiger partial charge in [0.2, 0.25) is 0 Å². The number of amides is 1. The van der Waals surface area contributed by atoms with Crippen LogP contribution in [0.2, 0.25) is 0 Å². The van der Waals surface area contributed by atoms with E-state index in [2.05, 4.69) is 5.32 Å². The second-order valence-electron chi connectivity index (χ2n) is 3.60. The van der Waals surface area contributed by atoms with E-state index < -0.39 is 12.2 Å². The molecule has 1 aliphatic heterocycles. The van der Waals surface area contributed by atoms with E-state index >= 15 is 0 Å². The van der Waals surface area contributed by atoms with Gasteiger partial charge in [-0.25, -0.2) is 4.79 Å². The standard InChI is InChI=1S/C11H13NO3/c13-10(8-4-2-1-3-5-8)6-9-7-15-11(14)12-9/h1-5,9-10,13H,6-7H2,(H,12,14)/t9-,10+/m1/s1. The quantitative estimate of drug-likeness (QED) is 0.783. The molecule has 0 aliphatic carbocycles. The molecule has 1 aliphatic rings. The van der Waals surface area contributed by atoms with Gasteiger partial charge in [-0.3, -0.25) is 0 Å². The van der Waals surface area contributed by atoms with Gasteiger partial charge in [-0.05, 0) is 5.56 Å². The van der Waals surface area contributed by atoms with Crippen molar-refractivity contribution in [3.8, 4) is 0 Å². The molecule has 2 atom stereocenters. The lowest BCUT2D eigenvalue weighted by molar-refractivity contribution is 0.147. The number of hydrogen-bond donors (Lipinski definition) is 2. The molecule has 1 fully saturated rings. The summed E-state index contributed by atoms with van der Waals surface area (Å²) in [6.07, 6.45) is -0.478. The molecule has 1 aromatic rings. The van der Waals surface area contributed by atoms with Gasteiger partial charge >= 0.3 is 6.09 Å². The van der Waals surface area contributed by atoms with Crippen LogP contribution in [0.3, 0.4) is 0 Å². The van der Waals surface area contributed by atoms with E-state index in [0.717, 1.165) is 5.56 Å². The number of cyclic esters (lactones) is 1. The Hall–Kier alpha value is -1.55. The van der Waals surface area contributed by atoms with E-state index in [-0.39, 0.29) is 6.04 Å². The molecule has 1 amide bonds. The fraction of sp³-hybridized carbons (Fsp3) is 0.364. The lowest BCUT2D eigenvalue weighted by Crippen LogP contribution is -2.27. The molecule has 0 aromatic heterocycles. The third-order valence-corrected chi connectivity index (χ3v) is 2.43. The Morgan fingerprint density at radius 2 is 2.20 bits per heavy atom. The first kappa shape index (κ1) is 9.98. The molecule has 4 heteroatoms. The van der Waals surface area contributed by atoms with Crippen LogP contribution >= 0.6 is 0 Å². The fourth-order valence-electron chi connectivity index (χ4n) is 1.63. The number of nitrogens with one attached hydrogen (secondary N) is 1. The lowest BCUT2D eigenvalue weighted by Gasteiger charge is -2.13. The number of aliphatic hydroxyl groups is 1. The van der Waals surface area contributed by atoms with Gasteiger partial charge in [0.25, 0.3) is 0 Å². The predicted molar refractivity (Wildman–Crippen MR) is 54.3 cm³/mol. The summed E-state index contributed by atoms with van der Waals surface area (Å²) < 4.78 is 4.74. The van der Waals surface area contributed by atoms with E-state index in [9.17, 15) is 9.90 Å². The molecule has 15 heavy (non-hydrogen) atoms. The molecule has 0 bridgehead atoms. The summed E-state index contributed by atoms with van der Waals surface area (Å²) in [5, 5.41) is 12.5. The number of hydrogen-bond acceptors (Lipinski definition) is 3. The van der Waals surface area contributed by atoms with Crippen LogP contribution in [0.4, 0.5) is 4.79 Å². The highest BCUT2D eigenvalue weighted by atomic mass is 16.6. The van der Waals surface area contributed by atoms with Crippen LogP contribution in [-0.4, -0.2) is 23.8 Å². The van der Waals surface area contributed by atoms with Crippen LogP contribution in [-0.2, 0) is 4.74 Å². The first-order valence-electron chi connectivity index (χ1n) is 4.92. The Labute approximate surface area is 87.9 Å². The second kappa shape index (κ2) is 4.31. The van der Waals surface area contributed by atoms with Crippen molar-refractivity contribution in [3.05, 3.63) is 35.9 Å². The molecule has 2 N–H and O–H groups in total. The summed E-state index contributed by atoms with van der Waals surface area (Å²) in [4.78, 5) is 10.8. The normalized spacial score (nSPS) is 21.9. The van der Waals surface area contributed by atoms with Crippen molar-refractivity contribution >= 4 is 6.09 Å². The molecule has 4 nitrogen and oxygen atoms in total. The smallest absolute Gasteiger partial charge is 0.407 e. The van der Waals surface area contributed by atoms with Crippen molar-refractivity contribution in [2.24, 2.45) is 0 Å². The maximum atomic E-state index is 10.8. The number of ether oxygens (including phenoxy) is 1. The molecule has 0 unspecified atom stereocenters. The SMILES string of the molecule is O=C1N[C@H](C[C@H](O)c2ccccc2)CO1. The Kier molecular flexibility index (Phi) is 2.87. The summed E-state index contributed by atoms with van der Waals surface area (Å²) in [5.41, 5.74) is 0.860. The lowest BCUT2D eigenvalue weighted by atomic mass is 10.0. The average molecular weight is 207 g/mol. The highest BCUT2D eigenvalue weighted by molar-refractivity contribution is 5.69. The van der Waals surface area contributed by atoms with Crippen LogP contribution in [0.1, 0.15) is 18.1 Å². The van der Waals surface area contributed by atoms with E-state index in [1.54, 1.807) is 0 Å².